The lowest BCUT2D eigenvalue weighted by atomic mass is 10.1. The first-order chi connectivity index (χ1) is 13.2. The largest absolute Gasteiger partial charge is 0.354 e. The van der Waals surface area contributed by atoms with Gasteiger partial charge in [-0.2, -0.15) is 0 Å². The standard InChI is InChI=1S/C20H29Cl2N5/c1-2-9-26(13-6-12-25-10-4-3-5-11-25)20-16-27(24-23-20)15-17-7-8-18(21)19(22)14-17/h7-8,14,16H,2-6,9-13,15H2,1H3. The number of piperidine rings is 1. The Balaban J connectivity index is 1.56. The third-order valence-electron chi connectivity index (χ3n) is 5.02. The molecule has 148 valence electrons. The molecule has 0 amide bonds. The Hall–Kier alpha value is -1.30. The van der Waals surface area contributed by atoms with Crippen LogP contribution in [-0.4, -0.2) is 52.6 Å². The summed E-state index contributed by atoms with van der Waals surface area (Å²) < 4.78 is 1.86. The fourth-order valence-corrected chi connectivity index (χ4v) is 3.94. The summed E-state index contributed by atoms with van der Waals surface area (Å²) in [6, 6.07) is 5.67. The second-order valence-corrected chi connectivity index (χ2v) is 8.08. The topological polar surface area (TPSA) is 37.2 Å². The minimum Gasteiger partial charge on any atom is -0.354 e. The zero-order chi connectivity index (χ0) is 19.1. The summed E-state index contributed by atoms with van der Waals surface area (Å²) in [5.74, 6) is 0.954. The van der Waals surface area contributed by atoms with E-state index in [1.165, 1.54) is 45.3 Å². The predicted octanol–water partition coefficient (Wildman–Crippen LogP) is 4.73. The molecule has 0 atom stereocenters. The lowest BCUT2D eigenvalue weighted by Gasteiger charge is -2.28. The molecule has 1 aromatic heterocycles. The van der Waals surface area contributed by atoms with Gasteiger partial charge >= 0.3 is 0 Å². The maximum atomic E-state index is 6.11. The molecule has 1 saturated heterocycles. The molecule has 1 aromatic carbocycles. The van der Waals surface area contributed by atoms with Gasteiger partial charge in [0.05, 0.1) is 22.8 Å². The van der Waals surface area contributed by atoms with Crippen molar-refractivity contribution < 1.29 is 0 Å². The maximum Gasteiger partial charge on any atom is 0.171 e. The first kappa shape index (κ1) is 20.4. The van der Waals surface area contributed by atoms with Crippen molar-refractivity contribution in [1.82, 2.24) is 19.9 Å². The predicted molar refractivity (Wildman–Crippen MR) is 113 cm³/mol. The van der Waals surface area contributed by atoms with Gasteiger partial charge in [-0.05, 0) is 63.0 Å². The van der Waals surface area contributed by atoms with Crippen molar-refractivity contribution in [2.45, 2.75) is 45.6 Å². The van der Waals surface area contributed by atoms with Crippen molar-refractivity contribution in [2.75, 3.05) is 37.6 Å². The summed E-state index contributed by atoms with van der Waals surface area (Å²) >= 11 is 12.1. The Kier molecular flexibility index (Phi) is 7.80. The number of hydrogen-bond donors (Lipinski definition) is 0. The summed E-state index contributed by atoms with van der Waals surface area (Å²) in [7, 11) is 0. The molecule has 0 unspecified atom stereocenters. The van der Waals surface area contributed by atoms with Crippen LogP contribution < -0.4 is 4.90 Å². The highest BCUT2D eigenvalue weighted by molar-refractivity contribution is 6.42. The molecule has 1 aliphatic heterocycles. The molecule has 0 saturated carbocycles. The molecule has 2 heterocycles. The first-order valence-electron chi connectivity index (χ1n) is 9.97. The van der Waals surface area contributed by atoms with Crippen molar-refractivity contribution in [2.24, 2.45) is 0 Å². The lowest BCUT2D eigenvalue weighted by Crippen LogP contribution is -2.33. The smallest absolute Gasteiger partial charge is 0.171 e. The average molecular weight is 410 g/mol. The summed E-state index contributed by atoms with van der Waals surface area (Å²) in [6.07, 6.45) is 8.38. The van der Waals surface area contributed by atoms with Crippen LogP contribution in [0.25, 0.3) is 0 Å². The highest BCUT2D eigenvalue weighted by atomic mass is 35.5. The monoisotopic (exact) mass is 409 g/mol. The molecule has 1 fully saturated rings. The highest BCUT2D eigenvalue weighted by Gasteiger charge is 2.13. The number of anilines is 1. The van der Waals surface area contributed by atoms with Gasteiger partial charge in [-0.15, -0.1) is 5.10 Å². The van der Waals surface area contributed by atoms with E-state index in [0.717, 1.165) is 30.9 Å². The molecule has 1 aliphatic rings. The van der Waals surface area contributed by atoms with Gasteiger partial charge in [0, 0.05) is 13.1 Å². The van der Waals surface area contributed by atoms with Crippen molar-refractivity contribution in [3.05, 3.63) is 40.0 Å². The van der Waals surface area contributed by atoms with Crippen molar-refractivity contribution in [3.8, 4) is 0 Å². The number of aromatic nitrogens is 3. The zero-order valence-corrected chi connectivity index (χ0v) is 17.6. The van der Waals surface area contributed by atoms with Gasteiger partial charge in [0.25, 0.3) is 0 Å². The fraction of sp³-hybridized carbons (Fsp3) is 0.600. The Morgan fingerprint density at radius 2 is 1.89 bits per heavy atom. The van der Waals surface area contributed by atoms with Crippen LogP contribution in [0.4, 0.5) is 5.82 Å². The summed E-state index contributed by atoms with van der Waals surface area (Å²) in [6.45, 7) is 8.57. The highest BCUT2D eigenvalue weighted by Crippen LogP contribution is 2.23. The molecule has 27 heavy (non-hydrogen) atoms. The van der Waals surface area contributed by atoms with E-state index < -0.39 is 0 Å². The molecular weight excluding hydrogens is 381 g/mol. The first-order valence-corrected chi connectivity index (χ1v) is 10.7. The summed E-state index contributed by atoms with van der Waals surface area (Å²) in [5.41, 5.74) is 1.06. The molecule has 5 nitrogen and oxygen atoms in total. The Bertz CT molecular complexity index is 712. The summed E-state index contributed by atoms with van der Waals surface area (Å²) in [4.78, 5) is 4.94. The van der Waals surface area contributed by atoms with Crippen LogP contribution in [0.1, 0.15) is 44.6 Å². The number of halogens is 2. The number of hydrogen-bond acceptors (Lipinski definition) is 4. The van der Waals surface area contributed by atoms with E-state index >= 15 is 0 Å². The molecule has 2 aromatic rings. The molecule has 0 radical (unpaired) electrons. The van der Waals surface area contributed by atoms with Gasteiger partial charge in [0.15, 0.2) is 5.82 Å². The fourth-order valence-electron chi connectivity index (χ4n) is 3.61. The van der Waals surface area contributed by atoms with Crippen molar-refractivity contribution in [1.29, 1.82) is 0 Å². The van der Waals surface area contributed by atoms with E-state index in [1.54, 1.807) is 0 Å². The second kappa shape index (κ2) is 10.3. The van der Waals surface area contributed by atoms with Gasteiger partial charge in [-0.1, -0.05) is 47.8 Å². The number of nitrogens with zero attached hydrogens (tertiary/aromatic N) is 5. The van der Waals surface area contributed by atoms with Crippen LogP contribution >= 0.6 is 23.2 Å². The average Bonchev–Trinajstić information content (AvgIpc) is 3.13. The van der Waals surface area contributed by atoms with Gasteiger partial charge in [0.1, 0.15) is 0 Å². The van der Waals surface area contributed by atoms with Crippen LogP contribution in [0.3, 0.4) is 0 Å². The molecule has 3 rings (SSSR count). The van der Waals surface area contributed by atoms with Crippen LogP contribution in [-0.2, 0) is 6.54 Å². The van der Waals surface area contributed by atoms with Gasteiger partial charge in [0.2, 0.25) is 0 Å². The second-order valence-electron chi connectivity index (χ2n) is 7.27. The van der Waals surface area contributed by atoms with Crippen LogP contribution in [0, 0.1) is 0 Å². The van der Waals surface area contributed by atoms with Gasteiger partial charge in [-0.25, -0.2) is 4.68 Å². The lowest BCUT2D eigenvalue weighted by molar-refractivity contribution is 0.227. The van der Waals surface area contributed by atoms with E-state index in [0.29, 0.717) is 16.6 Å². The van der Waals surface area contributed by atoms with Gasteiger partial charge in [-0.3, -0.25) is 0 Å². The Morgan fingerprint density at radius 1 is 1.07 bits per heavy atom. The quantitative estimate of drug-likeness (QED) is 0.599. The summed E-state index contributed by atoms with van der Waals surface area (Å²) in [5, 5.41) is 9.85. The third-order valence-corrected chi connectivity index (χ3v) is 5.76. The molecule has 7 heteroatoms. The molecule has 0 N–H and O–H groups in total. The number of likely N-dealkylation sites (tertiary alicyclic amines) is 1. The van der Waals surface area contributed by atoms with E-state index in [9.17, 15) is 0 Å². The third kappa shape index (κ3) is 6.09. The molecule has 0 bridgehead atoms. The molecule has 0 aliphatic carbocycles. The minimum atomic E-state index is 0.569. The van der Waals surface area contributed by atoms with E-state index in [4.69, 9.17) is 23.2 Å². The van der Waals surface area contributed by atoms with Crippen molar-refractivity contribution in [3.63, 3.8) is 0 Å². The van der Waals surface area contributed by atoms with E-state index in [1.807, 2.05) is 29.1 Å². The zero-order valence-electron chi connectivity index (χ0n) is 16.1. The SMILES string of the molecule is CCCN(CCCN1CCCCC1)c1cn(Cc2ccc(Cl)c(Cl)c2)nn1. The van der Waals surface area contributed by atoms with Crippen molar-refractivity contribution >= 4 is 29.0 Å². The van der Waals surface area contributed by atoms with E-state index in [2.05, 4.69) is 27.0 Å². The molecular formula is C20H29Cl2N5. The Labute approximate surface area is 172 Å². The number of rotatable bonds is 9. The Morgan fingerprint density at radius 3 is 2.63 bits per heavy atom. The van der Waals surface area contributed by atoms with E-state index in [-0.39, 0.29) is 0 Å². The van der Waals surface area contributed by atoms with Crippen LogP contribution in [0.5, 0.6) is 0 Å². The normalized spacial score (nSPS) is 15.2. The molecule has 0 spiro atoms. The minimum absolute atomic E-state index is 0.569. The van der Waals surface area contributed by atoms with Crippen LogP contribution in [0.15, 0.2) is 24.4 Å². The van der Waals surface area contributed by atoms with Crippen LogP contribution in [0.2, 0.25) is 10.0 Å². The van der Waals surface area contributed by atoms with Gasteiger partial charge < -0.3 is 9.80 Å². The maximum absolute atomic E-state index is 6.11. The number of benzene rings is 1.